The van der Waals surface area contributed by atoms with Crippen LogP contribution in [-0.2, 0) is 6.54 Å². The highest BCUT2D eigenvalue weighted by molar-refractivity contribution is 6.30. The topological polar surface area (TPSA) is 59.3 Å². The van der Waals surface area contributed by atoms with Crippen molar-refractivity contribution in [2.24, 2.45) is 0 Å². The van der Waals surface area contributed by atoms with Crippen LogP contribution in [0.3, 0.4) is 0 Å². The second-order valence-electron chi connectivity index (χ2n) is 4.23. The van der Waals surface area contributed by atoms with Crippen LogP contribution >= 0.6 is 11.6 Å². The Kier molecular flexibility index (Phi) is 3.71. The van der Waals surface area contributed by atoms with E-state index in [1.807, 2.05) is 6.07 Å². The van der Waals surface area contributed by atoms with Gasteiger partial charge < -0.3 is 9.67 Å². The van der Waals surface area contributed by atoms with Gasteiger partial charge in [-0.2, -0.15) is 0 Å². The Labute approximate surface area is 115 Å². The number of hydrogen-bond donors (Lipinski definition) is 1. The zero-order valence-corrected chi connectivity index (χ0v) is 11.0. The van der Waals surface area contributed by atoms with Crippen molar-refractivity contribution in [3.05, 3.63) is 58.4 Å². The Bertz CT molecular complexity index is 646. The summed E-state index contributed by atoms with van der Waals surface area (Å²) in [5, 5.41) is 9.73. The molecule has 0 radical (unpaired) electrons. The van der Waals surface area contributed by atoms with E-state index in [0.29, 0.717) is 17.1 Å². The number of aromatic nitrogens is 1. The Balaban J connectivity index is 2.38. The Morgan fingerprint density at radius 2 is 2.05 bits per heavy atom. The molecule has 1 aromatic heterocycles. The van der Waals surface area contributed by atoms with Gasteiger partial charge in [-0.05, 0) is 30.7 Å². The number of hydrogen-bond acceptors (Lipinski definition) is 2. The molecule has 0 bridgehead atoms. The molecule has 4 nitrogen and oxygen atoms in total. The van der Waals surface area contributed by atoms with Crippen LogP contribution in [0.2, 0.25) is 5.02 Å². The van der Waals surface area contributed by atoms with Crippen molar-refractivity contribution in [3.63, 3.8) is 0 Å². The van der Waals surface area contributed by atoms with Gasteiger partial charge in [0.15, 0.2) is 5.78 Å². The zero-order valence-electron chi connectivity index (χ0n) is 10.3. The maximum atomic E-state index is 11.3. The smallest absolute Gasteiger partial charge is 0.352 e. The second kappa shape index (κ2) is 5.28. The quantitative estimate of drug-likeness (QED) is 0.874. The highest BCUT2D eigenvalue weighted by Gasteiger charge is 2.14. The molecular formula is C14H12ClNO3. The van der Waals surface area contributed by atoms with E-state index < -0.39 is 5.97 Å². The van der Waals surface area contributed by atoms with E-state index in [1.165, 1.54) is 17.6 Å². The molecule has 0 aliphatic heterocycles. The number of carbonyl (C=O) groups excluding carboxylic acids is 1. The second-order valence-corrected chi connectivity index (χ2v) is 4.67. The average molecular weight is 278 g/mol. The van der Waals surface area contributed by atoms with E-state index in [1.54, 1.807) is 24.4 Å². The number of benzene rings is 1. The lowest BCUT2D eigenvalue weighted by Gasteiger charge is -2.06. The first-order valence-electron chi connectivity index (χ1n) is 5.66. The molecule has 0 fully saturated rings. The van der Waals surface area contributed by atoms with Crippen molar-refractivity contribution in [3.8, 4) is 0 Å². The predicted molar refractivity (Wildman–Crippen MR) is 71.9 cm³/mol. The molecule has 1 aromatic carbocycles. The van der Waals surface area contributed by atoms with Gasteiger partial charge in [-0.3, -0.25) is 4.79 Å². The highest BCUT2D eigenvalue weighted by atomic mass is 35.5. The molecule has 1 heterocycles. The molecule has 0 atom stereocenters. The maximum Gasteiger partial charge on any atom is 0.352 e. The van der Waals surface area contributed by atoms with Gasteiger partial charge in [-0.1, -0.05) is 23.7 Å². The summed E-state index contributed by atoms with van der Waals surface area (Å²) >= 11 is 5.89. The number of carboxylic acid groups (broad SMARTS) is 1. The van der Waals surface area contributed by atoms with Crippen LogP contribution in [0.25, 0.3) is 0 Å². The van der Waals surface area contributed by atoms with E-state index in [0.717, 1.165) is 5.56 Å². The molecule has 2 rings (SSSR count). The van der Waals surface area contributed by atoms with Crippen molar-refractivity contribution in [1.82, 2.24) is 4.57 Å². The van der Waals surface area contributed by atoms with E-state index >= 15 is 0 Å². The summed E-state index contributed by atoms with van der Waals surface area (Å²) in [5.41, 5.74) is 1.35. The lowest BCUT2D eigenvalue weighted by atomic mass is 10.2. The van der Waals surface area contributed by atoms with E-state index in [4.69, 9.17) is 16.7 Å². The number of carbonyl (C=O) groups is 2. The summed E-state index contributed by atoms with van der Waals surface area (Å²) in [6.07, 6.45) is 1.55. The minimum atomic E-state index is -1.06. The largest absolute Gasteiger partial charge is 0.477 e. The van der Waals surface area contributed by atoms with E-state index in [2.05, 4.69) is 0 Å². The molecule has 0 saturated carbocycles. The van der Waals surface area contributed by atoms with E-state index in [9.17, 15) is 9.59 Å². The monoisotopic (exact) mass is 277 g/mol. The molecular weight excluding hydrogens is 266 g/mol. The molecule has 19 heavy (non-hydrogen) atoms. The van der Waals surface area contributed by atoms with Gasteiger partial charge in [0.05, 0.1) is 0 Å². The summed E-state index contributed by atoms with van der Waals surface area (Å²) < 4.78 is 1.53. The van der Waals surface area contributed by atoms with E-state index in [-0.39, 0.29) is 11.5 Å². The van der Waals surface area contributed by atoms with Gasteiger partial charge >= 0.3 is 5.97 Å². The minimum Gasteiger partial charge on any atom is -0.477 e. The highest BCUT2D eigenvalue weighted by Crippen LogP contribution is 2.15. The number of carboxylic acids is 1. The van der Waals surface area contributed by atoms with Crippen LogP contribution in [0, 0.1) is 0 Å². The Hall–Kier alpha value is -2.07. The number of ketones is 1. The molecule has 1 N–H and O–H groups in total. The maximum absolute atomic E-state index is 11.3. The lowest BCUT2D eigenvalue weighted by molar-refractivity contribution is 0.0685. The van der Waals surface area contributed by atoms with Crippen LogP contribution in [0.1, 0.15) is 33.3 Å². The number of nitrogens with zero attached hydrogens (tertiary/aromatic N) is 1. The van der Waals surface area contributed by atoms with Gasteiger partial charge in [0.2, 0.25) is 0 Å². The number of rotatable bonds is 4. The Morgan fingerprint density at radius 3 is 2.63 bits per heavy atom. The lowest BCUT2D eigenvalue weighted by Crippen LogP contribution is -2.08. The summed E-state index contributed by atoms with van der Waals surface area (Å²) in [4.78, 5) is 22.5. The first kappa shape index (κ1) is 13.4. The summed E-state index contributed by atoms with van der Waals surface area (Å²) in [5.74, 6) is -1.22. The van der Waals surface area contributed by atoms with Gasteiger partial charge in [-0.15, -0.1) is 0 Å². The third-order valence-electron chi connectivity index (χ3n) is 2.76. The average Bonchev–Trinajstić information content (AvgIpc) is 2.73. The molecule has 0 spiro atoms. The van der Waals surface area contributed by atoms with Gasteiger partial charge in [0.1, 0.15) is 5.69 Å². The first-order chi connectivity index (χ1) is 8.97. The first-order valence-corrected chi connectivity index (χ1v) is 6.04. The van der Waals surface area contributed by atoms with Crippen LogP contribution in [0.4, 0.5) is 0 Å². The minimum absolute atomic E-state index is 0.0881. The van der Waals surface area contributed by atoms with Crippen molar-refractivity contribution < 1.29 is 14.7 Å². The van der Waals surface area contributed by atoms with Crippen molar-refractivity contribution in [2.45, 2.75) is 13.5 Å². The molecule has 0 saturated heterocycles. The third-order valence-corrected chi connectivity index (χ3v) is 3.00. The van der Waals surface area contributed by atoms with Crippen LogP contribution in [-0.4, -0.2) is 21.4 Å². The predicted octanol–water partition coefficient (Wildman–Crippen LogP) is 3.09. The third kappa shape index (κ3) is 3.03. The SMILES string of the molecule is CC(=O)c1cc(C(=O)O)n(Cc2cccc(Cl)c2)c1. The van der Waals surface area contributed by atoms with Crippen molar-refractivity contribution in [2.75, 3.05) is 0 Å². The molecule has 2 aromatic rings. The number of Topliss-reactive ketones (excluding diaryl/α,β-unsaturated/α-hetero) is 1. The fourth-order valence-electron chi connectivity index (χ4n) is 1.84. The molecule has 0 aliphatic rings. The van der Waals surface area contributed by atoms with Crippen LogP contribution in [0.5, 0.6) is 0 Å². The summed E-state index contributed by atoms with van der Waals surface area (Å²) in [6, 6.07) is 8.55. The van der Waals surface area contributed by atoms with Crippen LogP contribution < -0.4 is 0 Å². The Morgan fingerprint density at radius 1 is 1.32 bits per heavy atom. The summed E-state index contributed by atoms with van der Waals surface area (Å²) in [7, 11) is 0. The molecule has 0 unspecified atom stereocenters. The summed E-state index contributed by atoms with van der Waals surface area (Å²) in [6.45, 7) is 1.76. The van der Waals surface area contributed by atoms with Crippen LogP contribution in [0.15, 0.2) is 36.5 Å². The standard InChI is InChI=1S/C14H12ClNO3/c1-9(17)11-6-13(14(18)19)16(8-11)7-10-3-2-4-12(15)5-10/h2-6,8H,7H2,1H3,(H,18,19). The molecule has 0 aliphatic carbocycles. The molecule has 5 heteroatoms. The fraction of sp³-hybridized carbons (Fsp3) is 0.143. The van der Waals surface area contributed by atoms with Gasteiger partial charge in [0.25, 0.3) is 0 Å². The number of halogens is 1. The van der Waals surface area contributed by atoms with Crippen molar-refractivity contribution in [1.29, 1.82) is 0 Å². The van der Waals surface area contributed by atoms with Crippen molar-refractivity contribution >= 4 is 23.4 Å². The van der Waals surface area contributed by atoms with Gasteiger partial charge in [0, 0.05) is 23.3 Å². The number of aromatic carboxylic acids is 1. The molecule has 0 amide bonds. The zero-order chi connectivity index (χ0) is 14.0. The molecule has 98 valence electrons. The fourth-order valence-corrected chi connectivity index (χ4v) is 2.06. The van der Waals surface area contributed by atoms with Gasteiger partial charge in [-0.25, -0.2) is 4.79 Å². The normalized spacial score (nSPS) is 10.4.